The van der Waals surface area contributed by atoms with Crippen molar-refractivity contribution in [2.24, 2.45) is 16.9 Å². The molecule has 0 aliphatic heterocycles. The standard InChI is InChI=1S/C13H25N3/c1-3-16(4-2)10-9-14-15-13(11-5-6-11)12-7-8-12/h11-12,14H,3-10H2,1-2H3. The number of rotatable bonds is 8. The molecule has 3 heteroatoms. The number of nitrogens with one attached hydrogen (secondary N) is 1. The van der Waals surface area contributed by atoms with Crippen molar-refractivity contribution in [1.82, 2.24) is 10.3 Å². The molecular weight excluding hydrogens is 198 g/mol. The van der Waals surface area contributed by atoms with Crippen LogP contribution < -0.4 is 5.43 Å². The van der Waals surface area contributed by atoms with Crippen LogP contribution in [0.25, 0.3) is 0 Å². The van der Waals surface area contributed by atoms with Crippen LogP contribution in [0.3, 0.4) is 0 Å². The molecule has 2 rings (SSSR count). The highest BCUT2D eigenvalue weighted by molar-refractivity contribution is 5.92. The van der Waals surface area contributed by atoms with Crippen molar-refractivity contribution in [3.8, 4) is 0 Å². The minimum absolute atomic E-state index is 0.841. The van der Waals surface area contributed by atoms with E-state index in [2.05, 4.69) is 29.3 Å². The molecule has 0 amide bonds. The molecule has 0 spiro atoms. The Hall–Kier alpha value is -0.570. The minimum Gasteiger partial charge on any atom is -0.309 e. The van der Waals surface area contributed by atoms with Gasteiger partial charge in [-0.3, -0.25) is 0 Å². The van der Waals surface area contributed by atoms with Gasteiger partial charge in [0.25, 0.3) is 0 Å². The van der Waals surface area contributed by atoms with Crippen molar-refractivity contribution in [2.45, 2.75) is 39.5 Å². The summed E-state index contributed by atoms with van der Waals surface area (Å²) in [4.78, 5) is 2.43. The summed E-state index contributed by atoms with van der Waals surface area (Å²) < 4.78 is 0. The third kappa shape index (κ3) is 3.48. The molecule has 92 valence electrons. The van der Waals surface area contributed by atoms with Gasteiger partial charge in [-0.05, 0) is 50.6 Å². The highest BCUT2D eigenvalue weighted by Gasteiger charge is 2.38. The van der Waals surface area contributed by atoms with E-state index in [1.165, 1.54) is 31.4 Å². The monoisotopic (exact) mass is 223 g/mol. The molecule has 0 atom stereocenters. The fourth-order valence-electron chi connectivity index (χ4n) is 2.17. The van der Waals surface area contributed by atoms with Gasteiger partial charge in [0, 0.05) is 18.8 Å². The zero-order valence-corrected chi connectivity index (χ0v) is 10.7. The summed E-state index contributed by atoms with van der Waals surface area (Å²) in [5, 5.41) is 4.63. The smallest absolute Gasteiger partial charge is 0.0457 e. The van der Waals surface area contributed by atoms with E-state index >= 15 is 0 Å². The second-order valence-corrected chi connectivity index (χ2v) is 5.02. The number of hydrazone groups is 1. The van der Waals surface area contributed by atoms with Gasteiger partial charge in [-0.1, -0.05) is 13.8 Å². The summed E-state index contributed by atoms with van der Waals surface area (Å²) in [5.74, 6) is 1.68. The van der Waals surface area contributed by atoms with Crippen LogP contribution in [0.2, 0.25) is 0 Å². The molecule has 16 heavy (non-hydrogen) atoms. The Balaban J connectivity index is 1.66. The van der Waals surface area contributed by atoms with E-state index in [0.717, 1.165) is 38.0 Å². The fourth-order valence-corrected chi connectivity index (χ4v) is 2.17. The maximum atomic E-state index is 4.63. The molecule has 2 aliphatic rings. The number of nitrogens with zero attached hydrogens (tertiary/aromatic N) is 2. The molecule has 3 nitrogen and oxygen atoms in total. The first-order valence-corrected chi connectivity index (χ1v) is 6.87. The lowest BCUT2D eigenvalue weighted by molar-refractivity contribution is 0.303. The fraction of sp³-hybridized carbons (Fsp3) is 0.923. The first kappa shape index (κ1) is 11.9. The van der Waals surface area contributed by atoms with Crippen LogP contribution in [0, 0.1) is 11.8 Å². The Kier molecular flexibility index (Phi) is 4.22. The predicted octanol–water partition coefficient (Wildman–Crippen LogP) is 2.09. The number of hydrogen-bond acceptors (Lipinski definition) is 3. The molecule has 0 bridgehead atoms. The average molecular weight is 223 g/mol. The minimum atomic E-state index is 0.841. The molecule has 0 saturated heterocycles. The maximum Gasteiger partial charge on any atom is 0.0457 e. The van der Waals surface area contributed by atoms with Gasteiger partial charge in [0.1, 0.15) is 0 Å². The van der Waals surface area contributed by atoms with E-state index in [0.29, 0.717) is 0 Å². The first-order chi connectivity index (χ1) is 7.85. The van der Waals surface area contributed by atoms with Crippen LogP contribution >= 0.6 is 0 Å². The lowest BCUT2D eigenvalue weighted by atomic mass is 10.2. The molecule has 0 radical (unpaired) electrons. The SMILES string of the molecule is CCN(CC)CCNN=C(C1CC1)C1CC1. The highest BCUT2D eigenvalue weighted by Crippen LogP contribution is 2.41. The molecule has 2 fully saturated rings. The van der Waals surface area contributed by atoms with Gasteiger partial charge >= 0.3 is 0 Å². The van der Waals surface area contributed by atoms with Gasteiger partial charge in [-0.2, -0.15) is 5.10 Å². The summed E-state index contributed by atoms with van der Waals surface area (Å²) in [5.41, 5.74) is 4.76. The molecule has 0 aromatic heterocycles. The Morgan fingerprint density at radius 3 is 2.12 bits per heavy atom. The summed E-state index contributed by atoms with van der Waals surface area (Å²) >= 11 is 0. The van der Waals surface area contributed by atoms with Crippen LogP contribution in [0.15, 0.2) is 5.10 Å². The second-order valence-electron chi connectivity index (χ2n) is 5.02. The Morgan fingerprint density at radius 1 is 1.12 bits per heavy atom. The first-order valence-electron chi connectivity index (χ1n) is 6.87. The third-order valence-electron chi connectivity index (χ3n) is 3.63. The lowest BCUT2D eigenvalue weighted by Gasteiger charge is -2.17. The van der Waals surface area contributed by atoms with Crippen molar-refractivity contribution < 1.29 is 0 Å². The van der Waals surface area contributed by atoms with Crippen molar-refractivity contribution in [3.05, 3.63) is 0 Å². The van der Waals surface area contributed by atoms with Gasteiger partial charge in [0.05, 0.1) is 0 Å². The molecule has 0 unspecified atom stereocenters. The van der Waals surface area contributed by atoms with Crippen LogP contribution in [-0.2, 0) is 0 Å². The van der Waals surface area contributed by atoms with Crippen molar-refractivity contribution in [3.63, 3.8) is 0 Å². The molecule has 1 N–H and O–H groups in total. The lowest BCUT2D eigenvalue weighted by Crippen LogP contribution is -2.30. The van der Waals surface area contributed by atoms with Crippen LogP contribution in [0.5, 0.6) is 0 Å². The summed E-state index contributed by atoms with van der Waals surface area (Å²) in [6.07, 6.45) is 5.53. The molecule has 0 aromatic rings. The van der Waals surface area contributed by atoms with E-state index in [1.807, 2.05) is 0 Å². The van der Waals surface area contributed by atoms with E-state index in [4.69, 9.17) is 0 Å². The van der Waals surface area contributed by atoms with Crippen LogP contribution in [-0.4, -0.2) is 36.8 Å². The van der Waals surface area contributed by atoms with Gasteiger partial charge in [0.15, 0.2) is 0 Å². The van der Waals surface area contributed by atoms with Crippen molar-refractivity contribution in [1.29, 1.82) is 0 Å². The molecule has 2 saturated carbocycles. The zero-order chi connectivity index (χ0) is 11.4. The largest absolute Gasteiger partial charge is 0.309 e. The Bertz CT molecular complexity index is 224. The van der Waals surface area contributed by atoms with Gasteiger partial charge < -0.3 is 10.3 Å². The maximum absolute atomic E-state index is 4.63. The molecular formula is C13H25N3. The van der Waals surface area contributed by atoms with E-state index in [1.54, 1.807) is 0 Å². The molecule has 0 aromatic carbocycles. The predicted molar refractivity (Wildman–Crippen MR) is 68.7 cm³/mol. The second kappa shape index (κ2) is 5.67. The van der Waals surface area contributed by atoms with Gasteiger partial charge in [-0.25, -0.2) is 0 Å². The topological polar surface area (TPSA) is 27.6 Å². The molecule has 0 heterocycles. The van der Waals surface area contributed by atoms with Crippen molar-refractivity contribution in [2.75, 3.05) is 26.2 Å². The normalized spacial score (nSPS) is 19.9. The van der Waals surface area contributed by atoms with Crippen LogP contribution in [0.4, 0.5) is 0 Å². The quantitative estimate of drug-likeness (QED) is 0.388. The Labute approximate surface area is 99.3 Å². The van der Waals surface area contributed by atoms with Gasteiger partial charge in [-0.15, -0.1) is 0 Å². The van der Waals surface area contributed by atoms with Crippen LogP contribution in [0.1, 0.15) is 39.5 Å². The summed E-state index contributed by atoms with van der Waals surface area (Å²) in [7, 11) is 0. The van der Waals surface area contributed by atoms with Crippen molar-refractivity contribution >= 4 is 5.71 Å². The summed E-state index contributed by atoms with van der Waals surface area (Å²) in [6.45, 7) is 8.81. The summed E-state index contributed by atoms with van der Waals surface area (Å²) in [6, 6.07) is 0. The zero-order valence-electron chi connectivity index (χ0n) is 10.7. The number of likely N-dealkylation sites (N-methyl/N-ethyl adjacent to an activating group) is 1. The third-order valence-corrected chi connectivity index (χ3v) is 3.63. The van der Waals surface area contributed by atoms with E-state index in [9.17, 15) is 0 Å². The Morgan fingerprint density at radius 2 is 1.69 bits per heavy atom. The van der Waals surface area contributed by atoms with E-state index in [-0.39, 0.29) is 0 Å². The van der Waals surface area contributed by atoms with E-state index < -0.39 is 0 Å². The van der Waals surface area contributed by atoms with Gasteiger partial charge in [0.2, 0.25) is 0 Å². The molecule has 2 aliphatic carbocycles. The average Bonchev–Trinajstić information content (AvgIpc) is 3.17. The number of hydrogen-bond donors (Lipinski definition) is 1. The highest BCUT2D eigenvalue weighted by atomic mass is 15.3.